The topological polar surface area (TPSA) is 170 Å². The SMILES string of the molecule is CC(=O)OC[C@H]1O[C@H](OC[C@@H](Cn2cc(CN(c3nc(-c4cccc(C)c4)no3)C3CCCCC3)nn2)OC(C)=O)C=C[C@@H]1OC(C)=O. The van der Waals surface area contributed by atoms with E-state index in [0.29, 0.717) is 24.1 Å². The average Bonchev–Trinajstić information content (AvgIpc) is 3.72. The molecule has 1 fully saturated rings. The van der Waals surface area contributed by atoms with Gasteiger partial charge in [-0.1, -0.05) is 53.4 Å². The van der Waals surface area contributed by atoms with Crippen molar-refractivity contribution in [2.75, 3.05) is 18.1 Å². The van der Waals surface area contributed by atoms with Crippen molar-refractivity contribution in [1.29, 1.82) is 0 Å². The number of ether oxygens (including phenoxy) is 5. The van der Waals surface area contributed by atoms with Gasteiger partial charge in [0.2, 0.25) is 5.82 Å². The number of hydrogen-bond acceptors (Lipinski definition) is 14. The Kier molecular flexibility index (Phi) is 11.9. The number of hydrogen-bond donors (Lipinski definition) is 0. The van der Waals surface area contributed by atoms with Gasteiger partial charge in [0.15, 0.2) is 6.29 Å². The summed E-state index contributed by atoms with van der Waals surface area (Å²) in [4.78, 5) is 41.7. The van der Waals surface area contributed by atoms with Crippen LogP contribution < -0.4 is 4.90 Å². The van der Waals surface area contributed by atoms with Crippen LogP contribution in [0.3, 0.4) is 0 Å². The molecule has 0 unspecified atom stereocenters. The summed E-state index contributed by atoms with van der Waals surface area (Å²) < 4.78 is 35.0. The van der Waals surface area contributed by atoms with Crippen molar-refractivity contribution >= 4 is 23.9 Å². The maximum atomic E-state index is 12.0. The number of carbonyl (C=O) groups excluding carboxylic acids is 3. The summed E-state index contributed by atoms with van der Waals surface area (Å²) in [6, 6.07) is 8.61. The zero-order valence-corrected chi connectivity index (χ0v) is 27.6. The summed E-state index contributed by atoms with van der Waals surface area (Å²) in [5.41, 5.74) is 2.68. The highest BCUT2D eigenvalue weighted by Gasteiger charge is 2.32. The van der Waals surface area contributed by atoms with E-state index in [0.717, 1.165) is 36.8 Å². The summed E-state index contributed by atoms with van der Waals surface area (Å²) in [5.74, 6) is -0.969. The molecule has 0 radical (unpaired) electrons. The number of benzene rings is 1. The molecule has 4 atom stereocenters. The Bertz CT molecular complexity index is 1570. The Morgan fingerprint density at radius 3 is 2.60 bits per heavy atom. The monoisotopic (exact) mass is 666 g/mol. The third kappa shape index (κ3) is 9.94. The van der Waals surface area contributed by atoms with E-state index < -0.39 is 42.5 Å². The van der Waals surface area contributed by atoms with E-state index in [2.05, 4.69) is 20.4 Å². The van der Waals surface area contributed by atoms with Gasteiger partial charge in [0.25, 0.3) is 0 Å². The second-order valence-corrected chi connectivity index (χ2v) is 12.0. The van der Waals surface area contributed by atoms with E-state index in [4.69, 9.17) is 33.2 Å². The Labute approximate surface area is 278 Å². The normalized spacial score (nSPS) is 20.2. The van der Waals surface area contributed by atoms with Crippen LogP contribution in [-0.4, -0.2) is 86.9 Å². The highest BCUT2D eigenvalue weighted by Crippen LogP contribution is 2.29. The van der Waals surface area contributed by atoms with Crippen molar-refractivity contribution in [2.24, 2.45) is 0 Å². The molecule has 1 saturated carbocycles. The number of rotatable bonds is 14. The van der Waals surface area contributed by atoms with Crippen LogP contribution in [-0.2, 0) is 51.2 Å². The highest BCUT2D eigenvalue weighted by atomic mass is 16.7. The fourth-order valence-electron chi connectivity index (χ4n) is 5.78. The van der Waals surface area contributed by atoms with E-state index in [9.17, 15) is 14.4 Å². The Morgan fingerprint density at radius 2 is 1.88 bits per heavy atom. The molecule has 0 bridgehead atoms. The first kappa shape index (κ1) is 34.7. The minimum absolute atomic E-state index is 0.0414. The first-order valence-corrected chi connectivity index (χ1v) is 16.1. The molecule has 5 rings (SSSR count). The minimum Gasteiger partial charge on any atom is -0.463 e. The van der Waals surface area contributed by atoms with Gasteiger partial charge in [-0.05, 0) is 38.0 Å². The molecule has 0 N–H and O–H groups in total. The van der Waals surface area contributed by atoms with Crippen LogP contribution in [0.2, 0.25) is 0 Å². The molecule has 2 aromatic heterocycles. The molecule has 2 aliphatic rings. The minimum atomic E-state index is -0.870. The Balaban J connectivity index is 1.24. The van der Waals surface area contributed by atoms with Crippen LogP contribution in [0.4, 0.5) is 6.01 Å². The van der Waals surface area contributed by atoms with Crippen LogP contribution in [0.5, 0.6) is 0 Å². The van der Waals surface area contributed by atoms with Crippen molar-refractivity contribution < 1.29 is 42.6 Å². The maximum Gasteiger partial charge on any atom is 0.325 e. The molecular weight excluding hydrogens is 624 g/mol. The van der Waals surface area contributed by atoms with Gasteiger partial charge in [-0.3, -0.25) is 14.4 Å². The Hall–Kier alpha value is -4.63. The average molecular weight is 667 g/mol. The summed E-state index contributed by atoms with van der Waals surface area (Å²) in [7, 11) is 0. The second-order valence-electron chi connectivity index (χ2n) is 12.0. The molecule has 1 aliphatic heterocycles. The molecule has 3 aromatic rings. The lowest BCUT2D eigenvalue weighted by atomic mass is 9.94. The molecular formula is C33H42N6O9. The largest absolute Gasteiger partial charge is 0.463 e. The quantitative estimate of drug-likeness (QED) is 0.139. The van der Waals surface area contributed by atoms with Crippen LogP contribution in [0, 0.1) is 6.92 Å². The zero-order chi connectivity index (χ0) is 34.0. The summed E-state index contributed by atoms with van der Waals surface area (Å²) in [6.07, 6.45) is 7.28. The fraction of sp³-hybridized carbons (Fsp3) is 0.545. The predicted octanol–water partition coefficient (Wildman–Crippen LogP) is 3.70. The van der Waals surface area contributed by atoms with Gasteiger partial charge in [0, 0.05) is 32.4 Å². The number of nitrogens with zero attached hydrogens (tertiary/aromatic N) is 6. The lowest BCUT2D eigenvalue weighted by Crippen LogP contribution is -2.43. The molecule has 0 saturated heterocycles. The predicted molar refractivity (Wildman–Crippen MR) is 169 cm³/mol. The molecule has 1 aromatic carbocycles. The first-order chi connectivity index (χ1) is 23.1. The van der Waals surface area contributed by atoms with Gasteiger partial charge in [0.1, 0.15) is 30.6 Å². The molecule has 0 spiro atoms. The zero-order valence-electron chi connectivity index (χ0n) is 27.6. The number of esters is 3. The lowest BCUT2D eigenvalue weighted by Gasteiger charge is -2.32. The van der Waals surface area contributed by atoms with Gasteiger partial charge in [-0.25, -0.2) is 4.68 Å². The van der Waals surface area contributed by atoms with Gasteiger partial charge < -0.3 is 33.1 Å². The standard InChI is InChI=1S/C33H42N6O9/c1-21-9-8-10-25(15-21)32-34-33(48-36-32)39(27-11-6-5-7-12-27)17-26-16-38(37-35-26)18-28(45-23(3)41)19-44-31-14-13-29(46-24(4)42)30(47-31)20-43-22(2)40/h8-10,13-16,27-31H,5-7,11-12,17-20H2,1-4H3/t28-,29+,30-,31+/m1/s1. The van der Waals surface area contributed by atoms with Crippen molar-refractivity contribution in [3.8, 4) is 11.4 Å². The fourth-order valence-corrected chi connectivity index (χ4v) is 5.78. The molecule has 3 heterocycles. The highest BCUT2D eigenvalue weighted by molar-refractivity contribution is 5.67. The third-order valence-electron chi connectivity index (χ3n) is 7.93. The molecule has 15 heteroatoms. The summed E-state index contributed by atoms with van der Waals surface area (Å²) >= 11 is 0. The van der Waals surface area contributed by atoms with Crippen LogP contribution in [0.25, 0.3) is 11.4 Å². The van der Waals surface area contributed by atoms with Gasteiger partial charge >= 0.3 is 23.9 Å². The first-order valence-electron chi connectivity index (χ1n) is 16.1. The van der Waals surface area contributed by atoms with Crippen molar-refractivity contribution in [2.45, 2.75) is 104 Å². The lowest BCUT2D eigenvalue weighted by molar-refractivity contribution is -0.205. The molecule has 1 aliphatic carbocycles. The van der Waals surface area contributed by atoms with Gasteiger partial charge in [-0.15, -0.1) is 5.10 Å². The Morgan fingerprint density at radius 1 is 1.06 bits per heavy atom. The van der Waals surface area contributed by atoms with Crippen molar-refractivity contribution in [3.63, 3.8) is 0 Å². The van der Waals surface area contributed by atoms with Crippen LogP contribution >= 0.6 is 0 Å². The smallest absolute Gasteiger partial charge is 0.325 e. The summed E-state index contributed by atoms with van der Waals surface area (Å²) in [5, 5.41) is 12.9. The second kappa shape index (κ2) is 16.5. The van der Waals surface area contributed by atoms with Gasteiger partial charge in [-0.2, -0.15) is 4.98 Å². The van der Waals surface area contributed by atoms with Crippen molar-refractivity contribution in [1.82, 2.24) is 25.1 Å². The number of anilines is 1. The molecule has 0 amide bonds. The number of aromatic nitrogens is 5. The van der Waals surface area contributed by atoms with Crippen molar-refractivity contribution in [3.05, 3.63) is 53.9 Å². The number of aryl methyl sites for hydroxylation is 1. The van der Waals surface area contributed by atoms with E-state index in [-0.39, 0.29) is 25.8 Å². The van der Waals surface area contributed by atoms with E-state index >= 15 is 0 Å². The molecule has 15 nitrogen and oxygen atoms in total. The molecule has 48 heavy (non-hydrogen) atoms. The van der Waals surface area contributed by atoms with Gasteiger partial charge in [0.05, 0.1) is 25.9 Å². The van der Waals surface area contributed by atoms with E-state index in [1.54, 1.807) is 23.0 Å². The van der Waals surface area contributed by atoms with Crippen LogP contribution in [0.1, 0.15) is 64.1 Å². The molecule has 258 valence electrons. The van der Waals surface area contributed by atoms with E-state index in [1.807, 2.05) is 31.2 Å². The maximum absolute atomic E-state index is 12.0. The van der Waals surface area contributed by atoms with E-state index in [1.165, 1.54) is 27.2 Å². The third-order valence-corrected chi connectivity index (χ3v) is 7.93. The van der Waals surface area contributed by atoms with Crippen LogP contribution in [0.15, 0.2) is 47.1 Å². The number of carbonyl (C=O) groups is 3. The summed E-state index contributed by atoms with van der Waals surface area (Å²) in [6.45, 7) is 6.27.